The third-order valence-corrected chi connectivity index (χ3v) is 2.08. The topological polar surface area (TPSA) is 118 Å². The van der Waals surface area contributed by atoms with E-state index in [0.717, 1.165) is 4.90 Å². The Bertz CT molecular complexity index is 223. The molecule has 0 fully saturated rings. The lowest BCUT2D eigenvalue weighted by molar-refractivity contribution is 0.00154. The van der Waals surface area contributed by atoms with Gasteiger partial charge in [-0.2, -0.15) is 8.42 Å². The number of nitrogens with zero attached hydrogens (tertiary/aromatic N) is 1. The van der Waals surface area contributed by atoms with Crippen LogP contribution in [0.5, 0.6) is 0 Å². The fourth-order valence-electron chi connectivity index (χ4n) is 0.754. The van der Waals surface area contributed by atoms with E-state index in [9.17, 15) is 8.42 Å². The summed E-state index contributed by atoms with van der Waals surface area (Å²) in [6.07, 6.45) is -1.34. The van der Waals surface area contributed by atoms with E-state index >= 15 is 0 Å². The van der Waals surface area contributed by atoms with Gasteiger partial charge in [-0.1, -0.05) is 0 Å². The molecule has 0 rings (SSSR count). The van der Waals surface area contributed by atoms with Crippen LogP contribution in [0.3, 0.4) is 0 Å². The molecule has 13 heavy (non-hydrogen) atoms. The molecule has 0 bridgehead atoms. The Kier molecular flexibility index (Phi) is 5.37. The summed E-state index contributed by atoms with van der Waals surface area (Å²) in [6.45, 7) is -1.23. The Balaban J connectivity index is 3.93. The zero-order valence-electron chi connectivity index (χ0n) is 6.87. The first kappa shape index (κ1) is 12.8. The van der Waals surface area contributed by atoms with E-state index in [2.05, 4.69) is 0 Å². The Morgan fingerprint density at radius 1 is 1.23 bits per heavy atom. The second kappa shape index (κ2) is 5.47. The maximum absolute atomic E-state index is 10.3. The normalized spacial score (nSPS) is 14.8. The molecular weight excluding hydrogens is 202 g/mol. The van der Waals surface area contributed by atoms with Crippen molar-refractivity contribution in [3.05, 3.63) is 0 Å². The first-order valence-electron chi connectivity index (χ1n) is 3.46. The molecule has 7 nitrogen and oxygen atoms in total. The van der Waals surface area contributed by atoms with Crippen molar-refractivity contribution in [3.63, 3.8) is 0 Å². The van der Waals surface area contributed by atoms with Crippen LogP contribution in [0.25, 0.3) is 0 Å². The zero-order chi connectivity index (χ0) is 10.5. The lowest BCUT2D eigenvalue weighted by Crippen LogP contribution is -2.37. The molecule has 0 radical (unpaired) electrons. The molecule has 1 atom stereocenters. The summed E-state index contributed by atoms with van der Waals surface area (Å²) >= 11 is 0. The molecule has 0 spiro atoms. The lowest BCUT2D eigenvalue weighted by Gasteiger charge is -2.18. The Labute approximate surface area is 76.0 Å². The zero-order valence-corrected chi connectivity index (χ0v) is 7.68. The van der Waals surface area contributed by atoms with Gasteiger partial charge in [0.25, 0.3) is 10.1 Å². The second-order valence-corrected chi connectivity index (χ2v) is 4.04. The molecule has 0 aromatic rings. The van der Waals surface area contributed by atoms with E-state index < -0.39 is 35.4 Å². The van der Waals surface area contributed by atoms with Crippen molar-refractivity contribution in [2.45, 2.75) is 6.10 Å². The predicted octanol–water partition coefficient (Wildman–Crippen LogP) is -2.56. The first-order valence-corrected chi connectivity index (χ1v) is 5.07. The molecule has 0 aromatic heterocycles. The fraction of sp³-hybridized carbons (Fsp3) is 1.00. The summed E-state index contributed by atoms with van der Waals surface area (Å²) in [6, 6.07) is 0. The Hall–Kier alpha value is -0.250. The van der Waals surface area contributed by atoms with Crippen LogP contribution in [0.2, 0.25) is 0 Å². The average Bonchev–Trinajstić information content (AvgIpc) is 1.96. The van der Waals surface area contributed by atoms with Crippen LogP contribution in [0.1, 0.15) is 0 Å². The van der Waals surface area contributed by atoms with E-state index in [0.29, 0.717) is 0 Å². The van der Waals surface area contributed by atoms with Crippen molar-refractivity contribution in [3.8, 4) is 0 Å². The van der Waals surface area contributed by atoms with Crippen LogP contribution < -0.4 is 0 Å². The van der Waals surface area contributed by atoms with Gasteiger partial charge in [0.1, 0.15) is 5.75 Å². The SMILES string of the molecule is O=S(=O)(O)CC(O)CN(CO)CO. The summed E-state index contributed by atoms with van der Waals surface area (Å²) in [4.78, 5) is 0.996. The molecule has 0 saturated heterocycles. The third kappa shape index (κ3) is 6.87. The average molecular weight is 215 g/mol. The molecule has 0 saturated carbocycles. The first-order chi connectivity index (χ1) is 5.89. The van der Waals surface area contributed by atoms with Crippen LogP contribution in [-0.4, -0.2) is 65.1 Å². The molecule has 80 valence electrons. The standard InChI is InChI=1S/C5H13NO6S/c7-3-6(4-8)1-5(9)2-13(10,11)12/h5,7-9H,1-4H2,(H,10,11,12). The molecule has 4 N–H and O–H groups in total. The smallest absolute Gasteiger partial charge is 0.267 e. The number of rotatable bonds is 6. The number of hydrogen-bond acceptors (Lipinski definition) is 6. The van der Waals surface area contributed by atoms with Gasteiger partial charge in [-0.15, -0.1) is 0 Å². The van der Waals surface area contributed by atoms with Crippen molar-refractivity contribution in [1.82, 2.24) is 4.90 Å². The summed E-state index contributed by atoms with van der Waals surface area (Å²) in [5.74, 6) is -0.816. The summed E-state index contributed by atoms with van der Waals surface area (Å²) in [5, 5.41) is 26.0. The van der Waals surface area contributed by atoms with Crippen LogP contribution in [0.4, 0.5) is 0 Å². The van der Waals surface area contributed by atoms with Gasteiger partial charge in [0.05, 0.1) is 19.6 Å². The van der Waals surface area contributed by atoms with Crippen LogP contribution in [-0.2, 0) is 10.1 Å². The summed E-state index contributed by atoms with van der Waals surface area (Å²) in [7, 11) is -4.23. The largest absolute Gasteiger partial charge is 0.391 e. The fourth-order valence-corrected chi connectivity index (χ4v) is 1.35. The van der Waals surface area contributed by atoms with Gasteiger partial charge in [0.15, 0.2) is 0 Å². The maximum Gasteiger partial charge on any atom is 0.267 e. The van der Waals surface area contributed by atoms with Crippen molar-refractivity contribution in [2.75, 3.05) is 25.8 Å². The van der Waals surface area contributed by atoms with Crippen molar-refractivity contribution in [1.29, 1.82) is 0 Å². The van der Waals surface area contributed by atoms with Gasteiger partial charge < -0.3 is 15.3 Å². The highest BCUT2D eigenvalue weighted by atomic mass is 32.2. The maximum atomic E-state index is 10.3. The van der Waals surface area contributed by atoms with Crippen LogP contribution >= 0.6 is 0 Å². The Morgan fingerprint density at radius 2 is 1.69 bits per heavy atom. The molecule has 0 aliphatic heterocycles. The third-order valence-electron chi connectivity index (χ3n) is 1.27. The van der Waals surface area contributed by atoms with Crippen LogP contribution in [0, 0.1) is 0 Å². The minimum absolute atomic E-state index is 0.229. The predicted molar refractivity (Wildman–Crippen MR) is 43.3 cm³/mol. The molecule has 0 aromatic carbocycles. The van der Waals surface area contributed by atoms with E-state index in [1.807, 2.05) is 0 Å². The molecule has 0 amide bonds. The highest BCUT2D eigenvalue weighted by Gasteiger charge is 2.16. The second-order valence-electron chi connectivity index (χ2n) is 2.54. The quantitative estimate of drug-likeness (QED) is 0.284. The van der Waals surface area contributed by atoms with Gasteiger partial charge in [-0.3, -0.25) is 9.45 Å². The number of aliphatic hydroxyl groups excluding tert-OH is 3. The van der Waals surface area contributed by atoms with Gasteiger partial charge >= 0.3 is 0 Å². The molecule has 0 aliphatic rings. The number of hydrogen-bond donors (Lipinski definition) is 4. The van der Waals surface area contributed by atoms with Gasteiger partial charge in [-0.05, 0) is 0 Å². The molecule has 8 heteroatoms. The highest BCUT2D eigenvalue weighted by Crippen LogP contribution is 1.94. The minimum atomic E-state index is -4.23. The molecule has 0 heterocycles. The van der Waals surface area contributed by atoms with Gasteiger partial charge in [0, 0.05) is 6.54 Å². The molecule has 1 unspecified atom stereocenters. The minimum Gasteiger partial charge on any atom is -0.391 e. The van der Waals surface area contributed by atoms with E-state index in [-0.39, 0.29) is 6.54 Å². The van der Waals surface area contributed by atoms with Gasteiger partial charge in [-0.25, -0.2) is 0 Å². The van der Waals surface area contributed by atoms with Gasteiger partial charge in [0.2, 0.25) is 0 Å². The summed E-state index contributed by atoms with van der Waals surface area (Å²) in [5.41, 5.74) is 0. The van der Waals surface area contributed by atoms with Crippen molar-refractivity contribution < 1.29 is 28.3 Å². The highest BCUT2D eigenvalue weighted by molar-refractivity contribution is 7.85. The van der Waals surface area contributed by atoms with Crippen molar-refractivity contribution >= 4 is 10.1 Å². The lowest BCUT2D eigenvalue weighted by atomic mass is 10.4. The van der Waals surface area contributed by atoms with E-state index in [4.69, 9.17) is 19.9 Å². The molecular formula is C5H13NO6S. The van der Waals surface area contributed by atoms with E-state index in [1.165, 1.54) is 0 Å². The van der Waals surface area contributed by atoms with Crippen LogP contribution in [0.15, 0.2) is 0 Å². The summed E-state index contributed by atoms with van der Waals surface area (Å²) < 4.78 is 28.8. The monoisotopic (exact) mass is 215 g/mol. The molecule has 0 aliphatic carbocycles. The van der Waals surface area contributed by atoms with Crippen molar-refractivity contribution in [2.24, 2.45) is 0 Å². The Morgan fingerprint density at radius 3 is 2.00 bits per heavy atom. The number of aliphatic hydroxyl groups is 3. The van der Waals surface area contributed by atoms with E-state index in [1.54, 1.807) is 0 Å².